The van der Waals surface area contributed by atoms with Crippen molar-refractivity contribution in [3.05, 3.63) is 35.2 Å². The normalized spacial score (nSPS) is 23.6. The fourth-order valence-corrected chi connectivity index (χ4v) is 3.76. The largest absolute Gasteiger partial charge is 0.447 e. The smallest absolute Gasteiger partial charge is 0.410 e. The minimum atomic E-state index is -0.249. The standard InChI is InChI=1S/C17H19ClN4O3/c1-2-17-10-21(7-8-22(17)16(23)24-11-17)9-14-19-15(20-25-14)12-5-3-4-6-13(12)18/h3-6H,2,7-11H2,1H3. The molecule has 1 aromatic heterocycles. The number of piperazine rings is 1. The molecule has 1 atom stereocenters. The number of amides is 1. The molecule has 0 bridgehead atoms. The molecule has 2 aliphatic heterocycles. The van der Waals surface area contributed by atoms with Gasteiger partial charge in [-0.1, -0.05) is 35.8 Å². The highest BCUT2D eigenvalue weighted by atomic mass is 35.5. The molecular formula is C17H19ClN4O3. The lowest BCUT2D eigenvalue weighted by Gasteiger charge is -2.43. The Morgan fingerprint density at radius 1 is 1.32 bits per heavy atom. The highest BCUT2D eigenvalue weighted by Gasteiger charge is 2.49. The number of halogens is 1. The van der Waals surface area contributed by atoms with Gasteiger partial charge in [-0.25, -0.2) is 4.79 Å². The van der Waals surface area contributed by atoms with E-state index in [0.29, 0.717) is 36.4 Å². The molecule has 2 saturated heterocycles. The van der Waals surface area contributed by atoms with E-state index in [1.165, 1.54) is 0 Å². The molecule has 2 aromatic rings. The Labute approximate surface area is 150 Å². The van der Waals surface area contributed by atoms with Crippen LogP contribution in [0.1, 0.15) is 19.2 Å². The molecule has 0 radical (unpaired) electrons. The molecule has 0 aliphatic carbocycles. The van der Waals surface area contributed by atoms with Crippen LogP contribution in [0.4, 0.5) is 4.79 Å². The highest BCUT2D eigenvalue weighted by Crippen LogP contribution is 2.32. The van der Waals surface area contributed by atoms with Gasteiger partial charge in [-0.05, 0) is 18.6 Å². The Bertz CT molecular complexity index is 796. The summed E-state index contributed by atoms with van der Waals surface area (Å²) in [5.74, 6) is 1.03. The van der Waals surface area contributed by atoms with Crippen LogP contribution in [0.25, 0.3) is 11.4 Å². The van der Waals surface area contributed by atoms with E-state index < -0.39 is 0 Å². The molecule has 4 rings (SSSR count). The Morgan fingerprint density at radius 3 is 2.96 bits per heavy atom. The van der Waals surface area contributed by atoms with Crippen molar-refractivity contribution in [2.75, 3.05) is 26.2 Å². The van der Waals surface area contributed by atoms with Gasteiger partial charge in [0.2, 0.25) is 11.7 Å². The number of aromatic nitrogens is 2. The quantitative estimate of drug-likeness (QED) is 0.832. The number of rotatable bonds is 4. The summed E-state index contributed by atoms with van der Waals surface area (Å²) in [5, 5.41) is 4.63. The summed E-state index contributed by atoms with van der Waals surface area (Å²) in [5.41, 5.74) is 0.504. The minimum absolute atomic E-state index is 0.208. The van der Waals surface area contributed by atoms with Crippen LogP contribution in [0.3, 0.4) is 0 Å². The van der Waals surface area contributed by atoms with Crippen molar-refractivity contribution in [2.24, 2.45) is 0 Å². The number of carbonyl (C=O) groups excluding carboxylic acids is 1. The average Bonchev–Trinajstić information content (AvgIpc) is 3.21. The summed E-state index contributed by atoms with van der Waals surface area (Å²) in [6, 6.07) is 7.41. The van der Waals surface area contributed by atoms with Gasteiger partial charge in [-0.3, -0.25) is 9.80 Å². The zero-order chi connectivity index (χ0) is 17.4. The van der Waals surface area contributed by atoms with E-state index in [-0.39, 0.29) is 11.6 Å². The summed E-state index contributed by atoms with van der Waals surface area (Å²) >= 11 is 6.19. The SMILES string of the molecule is CCC12COC(=O)N1CCN(Cc1nc(-c3ccccc3Cl)no1)C2. The molecule has 132 valence electrons. The Morgan fingerprint density at radius 2 is 2.16 bits per heavy atom. The molecule has 7 nitrogen and oxygen atoms in total. The summed E-state index contributed by atoms with van der Waals surface area (Å²) in [4.78, 5) is 20.4. The maximum atomic E-state index is 11.9. The zero-order valence-electron chi connectivity index (χ0n) is 13.9. The van der Waals surface area contributed by atoms with E-state index in [0.717, 1.165) is 25.1 Å². The van der Waals surface area contributed by atoms with Crippen molar-refractivity contribution in [1.29, 1.82) is 0 Å². The summed E-state index contributed by atoms with van der Waals surface area (Å²) in [6.45, 7) is 5.20. The summed E-state index contributed by atoms with van der Waals surface area (Å²) in [6.07, 6.45) is 0.643. The number of ether oxygens (including phenoxy) is 1. The van der Waals surface area contributed by atoms with Crippen LogP contribution in [-0.4, -0.2) is 57.8 Å². The first kappa shape index (κ1) is 16.4. The maximum Gasteiger partial charge on any atom is 0.410 e. The number of hydrogen-bond acceptors (Lipinski definition) is 6. The zero-order valence-corrected chi connectivity index (χ0v) is 14.7. The lowest BCUT2D eigenvalue weighted by atomic mass is 9.93. The molecule has 8 heteroatoms. The van der Waals surface area contributed by atoms with E-state index in [1.807, 2.05) is 23.1 Å². The third kappa shape index (κ3) is 2.87. The molecule has 2 fully saturated rings. The van der Waals surface area contributed by atoms with Gasteiger partial charge in [0.1, 0.15) is 6.61 Å². The maximum absolute atomic E-state index is 11.9. The molecule has 0 N–H and O–H groups in total. The fourth-order valence-electron chi connectivity index (χ4n) is 3.54. The van der Waals surface area contributed by atoms with Crippen LogP contribution in [-0.2, 0) is 11.3 Å². The first-order valence-corrected chi connectivity index (χ1v) is 8.73. The number of hydrogen-bond donors (Lipinski definition) is 0. The van der Waals surface area contributed by atoms with Crippen molar-refractivity contribution in [1.82, 2.24) is 19.9 Å². The summed E-state index contributed by atoms with van der Waals surface area (Å²) in [7, 11) is 0. The second-order valence-electron chi connectivity index (χ2n) is 6.49. The first-order chi connectivity index (χ1) is 12.1. The summed E-state index contributed by atoms with van der Waals surface area (Å²) < 4.78 is 10.7. The first-order valence-electron chi connectivity index (χ1n) is 8.35. The van der Waals surface area contributed by atoms with E-state index in [4.69, 9.17) is 20.9 Å². The van der Waals surface area contributed by atoms with Crippen LogP contribution < -0.4 is 0 Å². The third-order valence-electron chi connectivity index (χ3n) is 5.01. The molecule has 1 unspecified atom stereocenters. The molecule has 1 aromatic carbocycles. The van der Waals surface area contributed by atoms with Gasteiger partial charge < -0.3 is 9.26 Å². The molecular weight excluding hydrogens is 344 g/mol. The van der Waals surface area contributed by atoms with Gasteiger partial charge in [-0.2, -0.15) is 4.98 Å². The highest BCUT2D eigenvalue weighted by molar-refractivity contribution is 6.33. The lowest BCUT2D eigenvalue weighted by molar-refractivity contribution is 0.0397. The lowest BCUT2D eigenvalue weighted by Crippen LogP contribution is -2.60. The Kier molecular flexibility index (Phi) is 4.13. The van der Waals surface area contributed by atoms with Gasteiger partial charge in [0.05, 0.1) is 17.1 Å². The van der Waals surface area contributed by atoms with Crippen molar-refractivity contribution in [3.8, 4) is 11.4 Å². The van der Waals surface area contributed by atoms with Crippen molar-refractivity contribution in [3.63, 3.8) is 0 Å². The third-order valence-corrected chi connectivity index (χ3v) is 5.34. The Balaban J connectivity index is 1.49. The van der Waals surface area contributed by atoms with E-state index >= 15 is 0 Å². The van der Waals surface area contributed by atoms with Crippen LogP contribution in [0, 0.1) is 0 Å². The van der Waals surface area contributed by atoms with E-state index in [9.17, 15) is 4.79 Å². The topological polar surface area (TPSA) is 71.7 Å². The average molecular weight is 363 g/mol. The molecule has 2 aliphatic rings. The number of cyclic esters (lactones) is 1. The minimum Gasteiger partial charge on any atom is -0.447 e. The van der Waals surface area contributed by atoms with Gasteiger partial charge in [0, 0.05) is 25.2 Å². The van der Waals surface area contributed by atoms with Crippen LogP contribution >= 0.6 is 11.6 Å². The van der Waals surface area contributed by atoms with Crippen molar-refractivity contribution >= 4 is 17.7 Å². The molecule has 1 amide bonds. The van der Waals surface area contributed by atoms with Gasteiger partial charge in [-0.15, -0.1) is 0 Å². The predicted octanol–water partition coefficient (Wildman–Crippen LogP) is 2.81. The van der Waals surface area contributed by atoms with Crippen molar-refractivity contribution < 1.29 is 14.1 Å². The molecule has 25 heavy (non-hydrogen) atoms. The monoisotopic (exact) mass is 362 g/mol. The number of nitrogens with zero attached hydrogens (tertiary/aromatic N) is 4. The predicted molar refractivity (Wildman–Crippen MR) is 91.1 cm³/mol. The fraction of sp³-hybridized carbons (Fsp3) is 0.471. The van der Waals surface area contributed by atoms with Gasteiger partial charge >= 0.3 is 6.09 Å². The van der Waals surface area contributed by atoms with Crippen molar-refractivity contribution in [2.45, 2.75) is 25.4 Å². The number of carbonyl (C=O) groups is 1. The second-order valence-corrected chi connectivity index (χ2v) is 6.89. The number of fused-ring (bicyclic) bond motifs is 1. The molecule has 0 saturated carbocycles. The molecule has 3 heterocycles. The second kappa shape index (κ2) is 6.31. The number of benzene rings is 1. The van der Waals surface area contributed by atoms with E-state index in [1.54, 1.807) is 6.07 Å². The van der Waals surface area contributed by atoms with Crippen LogP contribution in [0.5, 0.6) is 0 Å². The van der Waals surface area contributed by atoms with Gasteiger partial charge in [0.15, 0.2) is 0 Å². The Hall–Kier alpha value is -2.12. The van der Waals surface area contributed by atoms with E-state index in [2.05, 4.69) is 22.0 Å². The van der Waals surface area contributed by atoms with Gasteiger partial charge in [0.25, 0.3) is 0 Å². The molecule has 0 spiro atoms. The van der Waals surface area contributed by atoms with Crippen LogP contribution in [0.2, 0.25) is 5.02 Å². The van der Waals surface area contributed by atoms with Crippen LogP contribution in [0.15, 0.2) is 28.8 Å².